The molecule has 7 nitrogen and oxygen atoms in total. The monoisotopic (exact) mass is 384 g/mol. The molecule has 148 valence electrons. The van der Waals surface area contributed by atoms with Crippen LogP contribution in [0.5, 0.6) is 0 Å². The summed E-state index contributed by atoms with van der Waals surface area (Å²) in [7, 11) is 0. The van der Waals surface area contributed by atoms with E-state index < -0.39 is 18.5 Å². The Morgan fingerprint density at radius 3 is 2.32 bits per heavy atom. The number of rotatable bonds is 7. The number of fused-ring (bicyclic) bond motifs is 1. The molecule has 1 N–H and O–H groups in total. The van der Waals surface area contributed by atoms with E-state index in [1.54, 1.807) is 0 Å². The third-order valence-electron chi connectivity index (χ3n) is 5.18. The fourth-order valence-corrected chi connectivity index (χ4v) is 3.62. The molecule has 0 bridgehead atoms. The fourth-order valence-electron chi connectivity index (χ4n) is 3.62. The Kier molecular flexibility index (Phi) is 6.23. The average Bonchev–Trinajstić information content (AvgIpc) is 2.96. The van der Waals surface area contributed by atoms with Crippen molar-refractivity contribution in [2.45, 2.75) is 32.2 Å². The SMILES string of the molecule is C[C@H](NC(=O)COC(=O)CCN1C(=O)[C@H]2CC=CC[C@@H]2C1=O)c1ccccc1. The zero-order valence-corrected chi connectivity index (χ0v) is 15.8. The zero-order chi connectivity index (χ0) is 20.1. The first kappa shape index (κ1) is 19.8. The number of hydrogen-bond acceptors (Lipinski definition) is 5. The molecule has 1 aromatic rings. The van der Waals surface area contributed by atoms with Gasteiger partial charge in [0.05, 0.1) is 24.3 Å². The van der Waals surface area contributed by atoms with Gasteiger partial charge >= 0.3 is 5.97 Å². The van der Waals surface area contributed by atoms with E-state index in [2.05, 4.69) is 5.32 Å². The van der Waals surface area contributed by atoms with E-state index in [1.807, 2.05) is 49.4 Å². The Morgan fingerprint density at radius 1 is 1.11 bits per heavy atom. The number of carbonyl (C=O) groups is 4. The number of amides is 3. The van der Waals surface area contributed by atoms with Crippen molar-refractivity contribution in [1.29, 1.82) is 0 Å². The summed E-state index contributed by atoms with van der Waals surface area (Å²) in [6.45, 7) is 1.44. The number of carbonyl (C=O) groups excluding carboxylic acids is 4. The van der Waals surface area contributed by atoms with Gasteiger partial charge in [-0.2, -0.15) is 0 Å². The molecular weight excluding hydrogens is 360 g/mol. The molecule has 28 heavy (non-hydrogen) atoms. The molecule has 0 radical (unpaired) electrons. The summed E-state index contributed by atoms with van der Waals surface area (Å²) in [6.07, 6.45) is 4.84. The number of nitrogens with zero attached hydrogens (tertiary/aromatic N) is 1. The first-order valence-electron chi connectivity index (χ1n) is 9.47. The summed E-state index contributed by atoms with van der Waals surface area (Å²) in [6, 6.07) is 9.24. The van der Waals surface area contributed by atoms with Crippen LogP contribution in [-0.4, -0.2) is 41.7 Å². The second-order valence-corrected chi connectivity index (χ2v) is 7.09. The highest BCUT2D eigenvalue weighted by Crippen LogP contribution is 2.34. The Hall–Kier alpha value is -2.96. The minimum atomic E-state index is -0.615. The molecule has 1 saturated heterocycles. The van der Waals surface area contributed by atoms with Crippen molar-refractivity contribution in [1.82, 2.24) is 10.2 Å². The summed E-state index contributed by atoms with van der Waals surface area (Å²) in [4.78, 5) is 49.7. The smallest absolute Gasteiger partial charge is 0.308 e. The lowest BCUT2D eigenvalue weighted by molar-refractivity contribution is -0.150. The van der Waals surface area contributed by atoms with Gasteiger partial charge in [-0.25, -0.2) is 0 Å². The number of ether oxygens (including phenoxy) is 1. The Labute approximate surface area is 163 Å². The zero-order valence-electron chi connectivity index (χ0n) is 15.8. The van der Waals surface area contributed by atoms with Gasteiger partial charge in [-0.15, -0.1) is 0 Å². The highest BCUT2D eigenvalue weighted by atomic mass is 16.5. The topological polar surface area (TPSA) is 92.8 Å². The lowest BCUT2D eigenvalue weighted by Gasteiger charge is -2.15. The lowest BCUT2D eigenvalue weighted by Crippen LogP contribution is -2.34. The summed E-state index contributed by atoms with van der Waals surface area (Å²) in [5.41, 5.74) is 0.948. The van der Waals surface area contributed by atoms with E-state index >= 15 is 0 Å². The van der Waals surface area contributed by atoms with E-state index in [-0.39, 0.29) is 42.7 Å². The normalized spacial score (nSPS) is 22.0. The van der Waals surface area contributed by atoms with Gasteiger partial charge in [-0.1, -0.05) is 42.5 Å². The van der Waals surface area contributed by atoms with Crippen molar-refractivity contribution in [3.05, 3.63) is 48.0 Å². The number of hydrogen-bond donors (Lipinski definition) is 1. The summed E-state index contributed by atoms with van der Waals surface area (Å²) in [5, 5.41) is 2.75. The van der Waals surface area contributed by atoms with Crippen molar-refractivity contribution in [3.8, 4) is 0 Å². The molecule has 3 rings (SSSR count). The maximum absolute atomic E-state index is 12.3. The van der Waals surface area contributed by atoms with Crippen LogP contribution in [0.1, 0.15) is 37.8 Å². The van der Waals surface area contributed by atoms with E-state index in [0.29, 0.717) is 12.8 Å². The van der Waals surface area contributed by atoms with Crippen molar-refractivity contribution in [2.75, 3.05) is 13.2 Å². The van der Waals surface area contributed by atoms with Crippen molar-refractivity contribution >= 4 is 23.7 Å². The van der Waals surface area contributed by atoms with Crippen LogP contribution < -0.4 is 5.32 Å². The average molecular weight is 384 g/mol. The minimum absolute atomic E-state index is 0.00840. The number of allylic oxidation sites excluding steroid dienone is 2. The maximum Gasteiger partial charge on any atom is 0.308 e. The predicted octanol–water partition coefficient (Wildman–Crippen LogP) is 1.75. The Morgan fingerprint density at radius 2 is 1.71 bits per heavy atom. The molecule has 0 aromatic heterocycles. The largest absolute Gasteiger partial charge is 0.456 e. The molecule has 1 heterocycles. The lowest BCUT2D eigenvalue weighted by atomic mass is 9.85. The number of imide groups is 1. The highest BCUT2D eigenvalue weighted by molar-refractivity contribution is 6.05. The molecule has 3 atom stereocenters. The molecule has 2 aliphatic rings. The summed E-state index contributed by atoms with van der Waals surface area (Å²) in [5.74, 6) is -2.08. The van der Waals surface area contributed by atoms with Crippen molar-refractivity contribution in [2.24, 2.45) is 11.8 Å². The Bertz CT molecular complexity index is 763. The van der Waals surface area contributed by atoms with Crippen LogP contribution in [0.15, 0.2) is 42.5 Å². The maximum atomic E-state index is 12.3. The van der Waals surface area contributed by atoms with Gasteiger partial charge in [0.15, 0.2) is 6.61 Å². The summed E-state index contributed by atoms with van der Waals surface area (Å²) < 4.78 is 4.98. The van der Waals surface area contributed by atoms with E-state index in [0.717, 1.165) is 10.5 Å². The van der Waals surface area contributed by atoms with Crippen LogP contribution >= 0.6 is 0 Å². The first-order chi connectivity index (χ1) is 13.5. The van der Waals surface area contributed by atoms with Crippen LogP contribution in [0.25, 0.3) is 0 Å². The highest BCUT2D eigenvalue weighted by Gasteiger charge is 2.46. The molecule has 0 unspecified atom stereocenters. The van der Waals surface area contributed by atoms with Gasteiger partial charge in [-0.3, -0.25) is 24.1 Å². The fraction of sp³-hybridized carbons (Fsp3) is 0.429. The van der Waals surface area contributed by atoms with Gasteiger partial charge in [0.25, 0.3) is 5.91 Å². The van der Waals surface area contributed by atoms with Crippen LogP contribution in [0.4, 0.5) is 0 Å². The molecule has 3 amide bonds. The molecule has 1 aliphatic heterocycles. The van der Waals surface area contributed by atoms with E-state index in [1.165, 1.54) is 0 Å². The minimum Gasteiger partial charge on any atom is -0.456 e. The number of nitrogens with one attached hydrogen (secondary N) is 1. The molecule has 1 aliphatic carbocycles. The van der Waals surface area contributed by atoms with Crippen LogP contribution in [-0.2, 0) is 23.9 Å². The van der Waals surface area contributed by atoms with Crippen LogP contribution in [0, 0.1) is 11.8 Å². The number of likely N-dealkylation sites (tertiary alicyclic amines) is 1. The molecule has 0 spiro atoms. The number of esters is 1. The van der Waals surface area contributed by atoms with Crippen LogP contribution in [0.2, 0.25) is 0 Å². The van der Waals surface area contributed by atoms with Gasteiger partial charge in [0, 0.05) is 6.54 Å². The van der Waals surface area contributed by atoms with E-state index in [4.69, 9.17) is 4.74 Å². The molecule has 0 saturated carbocycles. The second kappa shape index (κ2) is 8.82. The third-order valence-corrected chi connectivity index (χ3v) is 5.18. The van der Waals surface area contributed by atoms with Gasteiger partial charge < -0.3 is 10.1 Å². The van der Waals surface area contributed by atoms with Gasteiger partial charge in [0.1, 0.15) is 0 Å². The van der Waals surface area contributed by atoms with Crippen molar-refractivity contribution < 1.29 is 23.9 Å². The van der Waals surface area contributed by atoms with E-state index in [9.17, 15) is 19.2 Å². The predicted molar refractivity (Wildman–Crippen MR) is 101 cm³/mol. The number of benzene rings is 1. The van der Waals surface area contributed by atoms with Crippen LogP contribution in [0.3, 0.4) is 0 Å². The molecule has 1 fully saturated rings. The quantitative estimate of drug-likeness (QED) is 0.439. The standard InChI is InChI=1S/C21H24N2O5/c1-14(15-7-3-2-4-8-15)22-18(24)13-28-19(25)11-12-23-20(26)16-9-5-6-10-17(16)21(23)27/h2-8,14,16-17H,9-13H2,1H3,(H,22,24)/t14-,16-,17-/m0/s1. The first-order valence-corrected chi connectivity index (χ1v) is 9.47. The van der Waals surface area contributed by atoms with Crippen molar-refractivity contribution in [3.63, 3.8) is 0 Å². The molecule has 1 aromatic carbocycles. The Balaban J connectivity index is 1.40. The van der Waals surface area contributed by atoms with Gasteiger partial charge in [-0.05, 0) is 25.3 Å². The van der Waals surface area contributed by atoms with Gasteiger partial charge in [0.2, 0.25) is 11.8 Å². The second-order valence-electron chi connectivity index (χ2n) is 7.09. The molecule has 7 heteroatoms. The summed E-state index contributed by atoms with van der Waals surface area (Å²) >= 11 is 0. The molecular formula is C21H24N2O5. The third kappa shape index (κ3) is 4.47.